The lowest BCUT2D eigenvalue weighted by atomic mass is 9.71. The van der Waals surface area contributed by atoms with E-state index in [2.05, 4.69) is 20.3 Å². The van der Waals surface area contributed by atoms with E-state index < -0.39 is 34.3 Å². The van der Waals surface area contributed by atoms with Crippen LogP contribution in [-0.4, -0.2) is 57.0 Å². The molecule has 0 radical (unpaired) electrons. The number of esters is 1. The van der Waals surface area contributed by atoms with E-state index in [1.807, 2.05) is 45.4 Å². The van der Waals surface area contributed by atoms with Crippen LogP contribution in [0.15, 0.2) is 30.3 Å². The van der Waals surface area contributed by atoms with Crippen LogP contribution in [-0.2, 0) is 38.4 Å². The molecule has 47 heavy (non-hydrogen) atoms. The van der Waals surface area contributed by atoms with Crippen molar-refractivity contribution in [1.29, 1.82) is 0 Å². The molecule has 2 saturated heterocycles. The zero-order valence-electron chi connectivity index (χ0n) is 28.4. The first-order valence-electron chi connectivity index (χ1n) is 16.0. The summed E-state index contributed by atoms with van der Waals surface area (Å²) in [6.07, 6.45) is 0.464. The molecular formula is C35H45ClF3N5O3. The monoisotopic (exact) mass is 675 g/mol. The average Bonchev–Trinajstić information content (AvgIpc) is 3.32. The number of alkyl halides is 1. The predicted octanol–water partition coefficient (Wildman–Crippen LogP) is 7.77. The maximum atomic E-state index is 16.4. The van der Waals surface area contributed by atoms with E-state index in [4.69, 9.17) is 21.1 Å². The van der Waals surface area contributed by atoms with Gasteiger partial charge in [-0.1, -0.05) is 23.7 Å². The molecule has 2 aromatic heterocycles. The number of halogens is 4. The van der Waals surface area contributed by atoms with Gasteiger partial charge >= 0.3 is 5.97 Å². The molecule has 0 aliphatic carbocycles. The Bertz CT molecular complexity index is 1650. The van der Waals surface area contributed by atoms with Crippen LogP contribution in [0, 0.1) is 24.0 Å². The molecule has 5 rings (SSSR count). The summed E-state index contributed by atoms with van der Waals surface area (Å²) in [5.74, 6) is -1.08. The third-order valence-corrected chi connectivity index (χ3v) is 9.17. The number of piperidine rings is 1. The highest BCUT2D eigenvalue weighted by Gasteiger charge is 2.49. The normalized spacial score (nSPS) is 21.7. The minimum atomic E-state index is -2.03. The van der Waals surface area contributed by atoms with Crippen molar-refractivity contribution in [2.75, 3.05) is 25.1 Å². The molecule has 12 heteroatoms. The Morgan fingerprint density at radius 2 is 1.83 bits per heavy atom. The highest BCUT2D eigenvalue weighted by molar-refractivity contribution is 6.30. The lowest BCUT2D eigenvalue weighted by Crippen LogP contribution is -2.51. The lowest BCUT2D eigenvalue weighted by Gasteiger charge is -2.45. The van der Waals surface area contributed by atoms with Gasteiger partial charge in [0.05, 0.1) is 34.9 Å². The fourth-order valence-electron chi connectivity index (χ4n) is 6.50. The first-order valence-corrected chi connectivity index (χ1v) is 16.4. The second-order valence-electron chi connectivity index (χ2n) is 15.1. The predicted molar refractivity (Wildman–Crippen MR) is 176 cm³/mol. The number of pyridine rings is 1. The summed E-state index contributed by atoms with van der Waals surface area (Å²) in [4.78, 5) is 20.7. The number of nitrogens with zero attached hydrogens (tertiary/aromatic N) is 4. The number of nitrogens with one attached hydrogen (secondary N) is 1. The number of hydrogen-bond acceptors (Lipinski definition) is 7. The summed E-state index contributed by atoms with van der Waals surface area (Å²) in [6, 6.07) is 7.88. The lowest BCUT2D eigenvalue weighted by molar-refractivity contribution is -0.172. The van der Waals surface area contributed by atoms with Gasteiger partial charge in [0, 0.05) is 41.9 Å². The van der Waals surface area contributed by atoms with Crippen molar-refractivity contribution in [1.82, 2.24) is 19.7 Å². The molecule has 2 atom stereocenters. The molecule has 0 bridgehead atoms. The van der Waals surface area contributed by atoms with Crippen LogP contribution in [0.4, 0.5) is 24.8 Å². The van der Waals surface area contributed by atoms with E-state index in [1.165, 1.54) is 12.1 Å². The molecule has 3 aromatic rings. The Hall–Kier alpha value is -3.15. The number of hydrogen-bond donors (Lipinski definition) is 1. The molecule has 2 aliphatic heterocycles. The molecule has 0 amide bonds. The minimum absolute atomic E-state index is 0.0453. The van der Waals surface area contributed by atoms with Crippen LogP contribution in [0.3, 0.4) is 0 Å². The number of carbonyl (C=O) groups excluding carboxylic acids is 1. The Kier molecular flexibility index (Phi) is 9.51. The van der Waals surface area contributed by atoms with Crippen LogP contribution in [0.25, 0.3) is 0 Å². The van der Waals surface area contributed by atoms with Gasteiger partial charge in [-0.25, -0.2) is 18.2 Å². The van der Waals surface area contributed by atoms with Crippen molar-refractivity contribution < 1.29 is 27.4 Å². The maximum absolute atomic E-state index is 16.4. The Morgan fingerprint density at radius 1 is 1.13 bits per heavy atom. The van der Waals surface area contributed by atoms with E-state index in [1.54, 1.807) is 32.9 Å². The first kappa shape index (κ1) is 35.2. The van der Waals surface area contributed by atoms with Crippen molar-refractivity contribution in [3.8, 4) is 0 Å². The molecule has 256 valence electrons. The van der Waals surface area contributed by atoms with Gasteiger partial charge < -0.3 is 14.8 Å². The number of ether oxygens (including phenoxy) is 2. The fourth-order valence-corrected chi connectivity index (χ4v) is 6.69. The van der Waals surface area contributed by atoms with Crippen molar-refractivity contribution in [3.05, 3.63) is 69.5 Å². The molecular weight excluding hydrogens is 631 g/mol. The maximum Gasteiger partial charge on any atom is 0.313 e. The topological polar surface area (TPSA) is 81.5 Å². The Labute approximate surface area is 280 Å². The molecule has 2 aliphatic rings. The highest BCUT2D eigenvalue weighted by atomic mass is 35.5. The third kappa shape index (κ3) is 7.47. The summed E-state index contributed by atoms with van der Waals surface area (Å²) >= 11 is 6.03. The van der Waals surface area contributed by atoms with Crippen LogP contribution >= 0.6 is 11.6 Å². The van der Waals surface area contributed by atoms with E-state index in [0.29, 0.717) is 30.9 Å². The quantitative estimate of drug-likeness (QED) is 0.244. The molecule has 4 heterocycles. The van der Waals surface area contributed by atoms with E-state index in [9.17, 15) is 9.18 Å². The molecule has 1 aromatic carbocycles. The molecule has 0 saturated carbocycles. The van der Waals surface area contributed by atoms with E-state index in [0.717, 1.165) is 5.69 Å². The fraction of sp³-hybridized carbons (Fsp3) is 0.571. The van der Waals surface area contributed by atoms with Gasteiger partial charge in [0.15, 0.2) is 17.3 Å². The second-order valence-corrected chi connectivity index (χ2v) is 15.5. The number of anilines is 2. The summed E-state index contributed by atoms with van der Waals surface area (Å²) < 4.78 is 60.0. The number of aryl methyl sites for hydroxylation is 1. The number of aromatic nitrogens is 3. The van der Waals surface area contributed by atoms with Gasteiger partial charge in [0.2, 0.25) is 0 Å². The zero-order chi connectivity index (χ0) is 34.5. The van der Waals surface area contributed by atoms with Crippen molar-refractivity contribution in [2.24, 2.45) is 5.41 Å². The zero-order valence-corrected chi connectivity index (χ0v) is 29.2. The van der Waals surface area contributed by atoms with Gasteiger partial charge in [-0.15, -0.1) is 0 Å². The SMILES string of the molecule is Cc1cc(Nc2cc(C3(F)COC3)c(F)c(CC3(C(=O)OC(C)(C)C)CCN(Cc4cccc(Cl)c4F)C(C)C3)n2)nn1C(C)(C)C. The van der Waals surface area contributed by atoms with Crippen LogP contribution < -0.4 is 5.32 Å². The van der Waals surface area contributed by atoms with Crippen molar-refractivity contribution >= 4 is 29.2 Å². The number of carbonyl (C=O) groups is 1. The standard InChI is InChI=1S/C35H45ClF3N5O3/c1-21-14-28(42-44(21)32(3,4)5)41-27-15-24(35(39)19-46-20-35)30(38)26(40-27)17-34(31(45)47-33(6,7)8)12-13-43(22(2)16-34)18-23-10-9-11-25(36)29(23)37/h9-11,14-15,22H,12-13,16-20H2,1-8H3,(H,40,41,42). The molecule has 8 nitrogen and oxygen atoms in total. The van der Waals surface area contributed by atoms with Gasteiger partial charge in [0.25, 0.3) is 0 Å². The van der Waals surface area contributed by atoms with Crippen LogP contribution in [0.5, 0.6) is 0 Å². The summed E-state index contributed by atoms with van der Waals surface area (Å²) in [6.45, 7) is 15.4. The van der Waals surface area contributed by atoms with Crippen LogP contribution in [0.1, 0.15) is 83.8 Å². The molecule has 0 spiro atoms. The Balaban J connectivity index is 1.51. The Morgan fingerprint density at radius 3 is 2.40 bits per heavy atom. The average molecular weight is 676 g/mol. The number of rotatable bonds is 8. The number of benzene rings is 1. The summed E-state index contributed by atoms with van der Waals surface area (Å²) in [7, 11) is 0. The molecule has 1 N–H and O–H groups in total. The smallest absolute Gasteiger partial charge is 0.313 e. The summed E-state index contributed by atoms with van der Waals surface area (Å²) in [5.41, 5.74) is -3.17. The highest BCUT2D eigenvalue weighted by Crippen LogP contribution is 2.44. The van der Waals surface area contributed by atoms with E-state index >= 15 is 8.78 Å². The van der Waals surface area contributed by atoms with Gasteiger partial charge in [-0.05, 0) is 86.9 Å². The largest absolute Gasteiger partial charge is 0.460 e. The van der Waals surface area contributed by atoms with Crippen molar-refractivity contribution in [2.45, 2.75) is 104 Å². The van der Waals surface area contributed by atoms with E-state index in [-0.39, 0.29) is 59.7 Å². The van der Waals surface area contributed by atoms with Gasteiger partial charge in [0.1, 0.15) is 17.2 Å². The minimum Gasteiger partial charge on any atom is -0.460 e. The summed E-state index contributed by atoms with van der Waals surface area (Å²) in [5, 5.41) is 7.85. The molecule has 2 fully saturated rings. The first-order chi connectivity index (χ1) is 21.8. The van der Waals surface area contributed by atoms with Crippen LogP contribution in [0.2, 0.25) is 5.02 Å². The molecule has 2 unspecified atom stereocenters. The van der Waals surface area contributed by atoms with Crippen molar-refractivity contribution in [3.63, 3.8) is 0 Å². The van der Waals surface area contributed by atoms with Gasteiger partial charge in [-0.2, -0.15) is 5.10 Å². The van der Waals surface area contributed by atoms with Gasteiger partial charge in [-0.3, -0.25) is 14.4 Å². The number of likely N-dealkylation sites (tertiary alicyclic amines) is 1. The third-order valence-electron chi connectivity index (χ3n) is 8.88. The second kappa shape index (κ2) is 12.7.